The summed E-state index contributed by atoms with van der Waals surface area (Å²) in [7, 11) is 1.87. The van der Waals surface area contributed by atoms with E-state index in [1.165, 1.54) is 0 Å². The molecule has 0 aliphatic carbocycles. The predicted octanol–water partition coefficient (Wildman–Crippen LogP) is 3.32. The van der Waals surface area contributed by atoms with Gasteiger partial charge in [-0.25, -0.2) is 0 Å². The highest BCUT2D eigenvalue weighted by Crippen LogP contribution is 2.26. The van der Waals surface area contributed by atoms with E-state index in [1.54, 1.807) is 10.9 Å². The molecular formula is C17H20N4O3. The second kappa shape index (κ2) is 6.74. The molecule has 1 aromatic carbocycles. The van der Waals surface area contributed by atoms with Gasteiger partial charge < -0.3 is 13.9 Å². The molecule has 3 aromatic rings. The van der Waals surface area contributed by atoms with E-state index in [9.17, 15) is 0 Å². The van der Waals surface area contributed by atoms with Gasteiger partial charge >= 0.3 is 0 Å². The van der Waals surface area contributed by atoms with Gasteiger partial charge in [-0.05, 0) is 45.0 Å². The van der Waals surface area contributed by atoms with Crippen LogP contribution in [-0.2, 0) is 7.05 Å². The van der Waals surface area contributed by atoms with Crippen molar-refractivity contribution in [2.75, 3.05) is 6.61 Å². The summed E-state index contributed by atoms with van der Waals surface area (Å²) in [5, 5.41) is 12.4. The summed E-state index contributed by atoms with van der Waals surface area (Å²) in [5.41, 5.74) is 1.79. The zero-order valence-corrected chi connectivity index (χ0v) is 14.2. The smallest absolute Gasteiger partial charge is 0.257 e. The lowest BCUT2D eigenvalue weighted by Crippen LogP contribution is -2.03. The molecule has 0 spiro atoms. The molecule has 7 heteroatoms. The van der Waals surface area contributed by atoms with Gasteiger partial charge in [-0.2, -0.15) is 5.10 Å². The molecule has 0 aliphatic heterocycles. The monoisotopic (exact) mass is 328 g/mol. The zero-order chi connectivity index (χ0) is 17.1. The summed E-state index contributed by atoms with van der Waals surface area (Å²) in [6.07, 6.45) is 1.35. The summed E-state index contributed by atoms with van der Waals surface area (Å²) >= 11 is 0. The Kier molecular flexibility index (Phi) is 4.50. The molecular weight excluding hydrogens is 308 g/mol. The number of hydrogen-bond acceptors (Lipinski definition) is 6. The maximum absolute atomic E-state index is 5.85. The molecule has 2 heterocycles. The molecule has 0 fully saturated rings. The third-order valence-electron chi connectivity index (χ3n) is 3.70. The van der Waals surface area contributed by atoms with Crippen molar-refractivity contribution in [2.24, 2.45) is 7.05 Å². The number of hydrogen-bond donors (Lipinski definition) is 0. The summed E-state index contributed by atoms with van der Waals surface area (Å²) in [6.45, 7) is 6.40. The average molecular weight is 328 g/mol. The SMILES string of the molecule is CCOc1ccc(OC(C)c2nnc(-c3cnn(C)c3C)o2)cc1. The number of aromatic nitrogens is 4. The van der Waals surface area contributed by atoms with Gasteiger partial charge in [0.2, 0.25) is 0 Å². The number of aryl methyl sites for hydroxylation is 1. The second-order valence-electron chi connectivity index (χ2n) is 5.38. The van der Waals surface area contributed by atoms with Crippen LogP contribution in [0.4, 0.5) is 0 Å². The molecule has 0 radical (unpaired) electrons. The van der Waals surface area contributed by atoms with Crippen molar-refractivity contribution in [3.8, 4) is 23.0 Å². The Labute approximate surface area is 140 Å². The molecule has 0 aliphatic rings. The maximum atomic E-state index is 5.85. The molecule has 0 saturated carbocycles. The van der Waals surface area contributed by atoms with Crippen molar-refractivity contribution >= 4 is 0 Å². The first-order valence-electron chi connectivity index (χ1n) is 7.80. The summed E-state index contributed by atoms with van der Waals surface area (Å²) in [6, 6.07) is 7.43. The van der Waals surface area contributed by atoms with E-state index in [0.29, 0.717) is 24.1 Å². The van der Waals surface area contributed by atoms with Crippen LogP contribution in [0.1, 0.15) is 31.5 Å². The van der Waals surface area contributed by atoms with Gasteiger partial charge in [0.1, 0.15) is 11.5 Å². The molecule has 2 aromatic heterocycles. The zero-order valence-electron chi connectivity index (χ0n) is 14.2. The molecule has 0 N–H and O–H groups in total. The van der Waals surface area contributed by atoms with Crippen LogP contribution in [0.25, 0.3) is 11.5 Å². The van der Waals surface area contributed by atoms with Crippen LogP contribution in [0.2, 0.25) is 0 Å². The molecule has 7 nitrogen and oxygen atoms in total. The van der Waals surface area contributed by atoms with Gasteiger partial charge in [-0.15, -0.1) is 10.2 Å². The highest BCUT2D eigenvalue weighted by Gasteiger charge is 2.19. The second-order valence-corrected chi connectivity index (χ2v) is 5.38. The van der Waals surface area contributed by atoms with E-state index in [0.717, 1.165) is 17.0 Å². The molecule has 24 heavy (non-hydrogen) atoms. The molecule has 0 bridgehead atoms. The van der Waals surface area contributed by atoms with Crippen molar-refractivity contribution < 1.29 is 13.9 Å². The fourth-order valence-corrected chi connectivity index (χ4v) is 2.25. The Bertz CT molecular complexity index is 808. The van der Waals surface area contributed by atoms with Crippen LogP contribution >= 0.6 is 0 Å². The lowest BCUT2D eigenvalue weighted by molar-refractivity contribution is 0.189. The quantitative estimate of drug-likeness (QED) is 0.691. The normalized spacial score (nSPS) is 12.2. The highest BCUT2D eigenvalue weighted by molar-refractivity contribution is 5.54. The van der Waals surface area contributed by atoms with E-state index in [1.807, 2.05) is 52.1 Å². The van der Waals surface area contributed by atoms with Crippen LogP contribution in [0.3, 0.4) is 0 Å². The number of rotatable bonds is 6. The van der Waals surface area contributed by atoms with Crippen LogP contribution in [0.5, 0.6) is 11.5 Å². The first-order chi connectivity index (χ1) is 11.6. The molecule has 1 atom stereocenters. The van der Waals surface area contributed by atoms with Crippen LogP contribution < -0.4 is 9.47 Å². The topological polar surface area (TPSA) is 75.2 Å². The lowest BCUT2D eigenvalue weighted by atomic mass is 10.3. The summed E-state index contributed by atoms with van der Waals surface area (Å²) < 4.78 is 18.8. The molecule has 1 unspecified atom stereocenters. The van der Waals surface area contributed by atoms with Gasteiger partial charge in [0.05, 0.1) is 18.4 Å². The Morgan fingerprint density at radius 2 is 1.88 bits per heavy atom. The fourth-order valence-electron chi connectivity index (χ4n) is 2.25. The maximum Gasteiger partial charge on any atom is 0.257 e. The van der Waals surface area contributed by atoms with E-state index < -0.39 is 0 Å². The number of ether oxygens (including phenoxy) is 2. The van der Waals surface area contributed by atoms with Gasteiger partial charge in [-0.1, -0.05) is 0 Å². The minimum Gasteiger partial charge on any atom is -0.494 e. The van der Waals surface area contributed by atoms with Crippen molar-refractivity contribution in [3.05, 3.63) is 42.0 Å². The minimum atomic E-state index is -0.360. The van der Waals surface area contributed by atoms with E-state index in [4.69, 9.17) is 13.9 Å². The van der Waals surface area contributed by atoms with Crippen molar-refractivity contribution in [3.63, 3.8) is 0 Å². The van der Waals surface area contributed by atoms with Crippen molar-refractivity contribution in [1.29, 1.82) is 0 Å². The van der Waals surface area contributed by atoms with Crippen LogP contribution in [0, 0.1) is 6.92 Å². The van der Waals surface area contributed by atoms with E-state index in [-0.39, 0.29) is 6.10 Å². The number of benzene rings is 1. The Morgan fingerprint density at radius 3 is 2.50 bits per heavy atom. The summed E-state index contributed by atoms with van der Waals surface area (Å²) in [4.78, 5) is 0. The molecule has 3 rings (SSSR count). The lowest BCUT2D eigenvalue weighted by Gasteiger charge is -2.11. The number of nitrogens with zero attached hydrogens (tertiary/aromatic N) is 4. The molecule has 0 amide bonds. The van der Waals surface area contributed by atoms with Crippen molar-refractivity contribution in [2.45, 2.75) is 26.9 Å². The van der Waals surface area contributed by atoms with E-state index >= 15 is 0 Å². The van der Waals surface area contributed by atoms with Gasteiger partial charge in [0.15, 0.2) is 6.10 Å². The highest BCUT2D eigenvalue weighted by atomic mass is 16.5. The van der Waals surface area contributed by atoms with Crippen LogP contribution in [-0.4, -0.2) is 26.6 Å². The molecule has 126 valence electrons. The third-order valence-corrected chi connectivity index (χ3v) is 3.70. The Balaban J connectivity index is 1.71. The van der Waals surface area contributed by atoms with Gasteiger partial charge in [-0.3, -0.25) is 4.68 Å². The first kappa shape index (κ1) is 16.0. The Hall–Kier alpha value is -2.83. The molecule has 0 saturated heterocycles. The van der Waals surface area contributed by atoms with Crippen molar-refractivity contribution in [1.82, 2.24) is 20.0 Å². The van der Waals surface area contributed by atoms with Crippen LogP contribution in [0.15, 0.2) is 34.9 Å². The average Bonchev–Trinajstić information content (AvgIpc) is 3.18. The van der Waals surface area contributed by atoms with Gasteiger partial charge in [0, 0.05) is 12.7 Å². The van der Waals surface area contributed by atoms with Gasteiger partial charge in [0.25, 0.3) is 11.8 Å². The van der Waals surface area contributed by atoms with E-state index in [2.05, 4.69) is 15.3 Å². The standard InChI is InChI=1S/C17H20N4O3/c1-5-22-13-6-8-14(9-7-13)23-12(3)16-19-20-17(24-16)15-10-18-21(4)11(15)2/h6-10,12H,5H2,1-4H3. The fraction of sp³-hybridized carbons (Fsp3) is 0.353. The summed E-state index contributed by atoms with van der Waals surface area (Å²) in [5.74, 6) is 2.38. The largest absolute Gasteiger partial charge is 0.494 e. The first-order valence-corrected chi connectivity index (χ1v) is 7.80. The minimum absolute atomic E-state index is 0.360. The third kappa shape index (κ3) is 3.24. The predicted molar refractivity (Wildman–Crippen MR) is 87.9 cm³/mol. The Morgan fingerprint density at radius 1 is 1.17 bits per heavy atom.